The van der Waals surface area contributed by atoms with Crippen LogP contribution in [0.5, 0.6) is 5.75 Å². The second kappa shape index (κ2) is 11.8. The van der Waals surface area contributed by atoms with Crippen molar-refractivity contribution in [3.8, 4) is 39.5 Å². The van der Waals surface area contributed by atoms with Gasteiger partial charge in [-0.1, -0.05) is 12.6 Å². The summed E-state index contributed by atoms with van der Waals surface area (Å²) in [4.78, 5) is 19.5. The van der Waals surface area contributed by atoms with Gasteiger partial charge in [-0.3, -0.25) is 14.2 Å². The third-order valence-electron chi connectivity index (χ3n) is 8.31. The molecule has 12 heteroatoms. The summed E-state index contributed by atoms with van der Waals surface area (Å²) in [5, 5.41) is 13.0. The highest BCUT2D eigenvalue weighted by atomic mass is 32.1. The summed E-state index contributed by atoms with van der Waals surface area (Å²) in [6.07, 6.45) is 3.11. The van der Waals surface area contributed by atoms with Gasteiger partial charge in [0.05, 0.1) is 48.4 Å². The lowest BCUT2D eigenvalue weighted by atomic mass is 9.96. The van der Waals surface area contributed by atoms with E-state index in [0.717, 1.165) is 38.3 Å². The molecule has 2 aromatic carbocycles. The standard InChI is InChI=1S/C34H30F2N6O3S/c1-5-29(43)41-18-23-15-26(39-42(23)17-19(41)2)33-31(30-25(36)13-22(35)14-28(30)45-10-9-44-4)34-24(8-11-46-34)32(38-33)20-6-7-27-21(12-20)16-37-40(27)3/h5-8,11-16,19H,1,9-10,17-18H2,2-4H3/t19-/m1/s1. The summed E-state index contributed by atoms with van der Waals surface area (Å²) in [6.45, 7) is 6.72. The van der Waals surface area contributed by atoms with Crippen molar-refractivity contribution >= 4 is 38.2 Å². The summed E-state index contributed by atoms with van der Waals surface area (Å²) in [6, 6.07) is 11.8. The van der Waals surface area contributed by atoms with E-state index < -0.39 is 11.6 Å². The second-order valence-electron chi connectivity index (χ2n) is 11.2. The van der Waals surface area contributed by atoms with E-state index in [1.54, 1.807) is 15.8 Å². The van der Waals surface area contributed by atoms with E-state index in [1.165, 1.54) is 30.6 Å². The lowest BCUT2D eigenvalue weighted by Crippen LogP contribution is -2.44. The maximum Gasteiger partial charge on any atom is 0.246 e. The molecule has 1 atom stereocenters. The molecule has 0 spiro atoms. The largest absolute Gasteiger partial charge is 0.490 e. The molecule has 0 fully saturated rings. The molecule has 46 heavy (non-hydrogen) atoms. The van der Waals surface area contributed by atoms with Crippen LogP contribution in [0.1, 0.15) is 12.6 Å². The molecule has 1 aliphatic rings. The minimum absolute atomic E-state index is 0.0391. The lowest BCUT2D eigenvalue weighted by Gasteiger charge is -2.33. The molecule has 5 heterocycles. The molecule has 0 saturated heterocycles. The quantitative estimate of drug-likeness (QED) is 0.138. The van der Waals surface area contributed by atoms with Gasteiger partial charge in [0.1, 0.15) is 35.4 Å². The van der Waals surface area contributed by atoms with Crippen molar-refractivity contribution in [2.24, 2.45) is 7.05 Å². The number of nitrogens with zero attached hydrogens (tertiary/aromatic N) is 6. The van der Waals surface area contributed by atoms with Gasteiger partial charge in [-0.2, -0.15) is 10.2 Å². The number of hydrogen-bond donors (Lipinski definition) is 0. The molecule has 7 rings (SSSR count). The zero-order chi connectivity index (χ0) is 32.1. The van der Waals surface area contributed by atoms with E-state index in [4.69, 9.17) is 19.6 Å². The van der Waals surface area contributed by atoms with E-state index >= 15 is 4.39 Å². The molecule has 0 saturated carbocycles. The fourth-order valence-corrected chi connectivity index (χ4v) is 7.01. The molecule has 6 aromatic rings. The molecule has 0 N–H and O–H groups in total. The number of carbonyl (C=O) groups excluding carboxylic acids is 1. The number of pyridine rings is 1. The summed E-state index contributed by atoms with van der Waals surface area (Å²) in [5.74, 6) is -1.67. The van der Waals surface area contributed by atoms with Crippen LogP contribution in [-0.2, 0) is 29.7 Å². The number of benzene rings is 2. The minimum Gasteiger partial charge on any atom is -0.490 e. The van der Waals surface area contributed by atoms with Crippen molar-refractivity contribution in [2.45, 2.75) is 26.1 Å². The molecule has 234 valence electrons. The Morgan fingerprint density at radius 2 is 1.98 bits per heavy atom. The van der Waals surface area contributed by atoms with Crippen LogP contribution in [0, 0.1) is 11.6 Å². The topological polar surface area (TPSA) is 87.3 Å². The van der Waals surface area contributed by atoms with Gasteiger partial charge in [0.25, 0.3) is 0 Å². The van der Waals surface area contributed by atoms with Gasteiger partial charge in [-0.15, -0.1) is 11.3 Å². The van der Waals surface area contributed by atoms with Gasteiger partial charge in [0.2, 0.25) is 5.91 Å². The number of ether oxygens (including phenoxy) is 2. The van der Waals surface area contributed by atoms with Gasteiger partial charge < -0.3 is 14.4 Å². The molecular weight excluding hydrogens is 610 g/mol. The van der Waals surface area contributed by atoms with Gasteiger partial charge in [0.15, 0.2) is 0 Å². The monoisotopic (exact) mass is 640 g/mol. The smallest absolute Gasteiger partial charge is 0.246 e. The highest BCUT2D eigenvalue weighted by Gasteiger charge is 2.30. The Morgan fingerprint density at radius 1 is 1.13 bits per heavy atom. The summed E-state index contributed by atoms with van der Waals surface area (Å²) >= 11 is 1.43. The number of rotatable bonds is 8. The highest BCUT2D eigenvalue weighted by molar-refractivity contribution is 7.18. The number of carbonyl (C=O) groups is 1. The fraction of sp³-hybridized carbons (Fsp3) is 0.235. The third kappa shape index (κ3) is 5.03. The molecule has 9 nitrogen and oxygen atoms in total. The minimum atomic E-state index is -0.782. The first-order valence-corrected chi connectivity index (χ1v) is 15.6. The number of thiophene rings is 1. The van der Waals surface area contributed by atoms with Crippen molar-refractivity contribution in [2.75, 3.05) is 20.3 Å². The van der Waals surface area contributed by atoms with Crippen molar-refractivity contribution in [1.29, 1.82) is 0 Å². The normalized spacial score (nSPS) is 14.6. The Hall–Kier alpha value is -4.94. The summed E-state index contributed by atoms with van der Waals surface area (Å²) in [5.41, 5.74) is 4.76. The van der Waals surface area contributed by atoms with Crippen LogP contribution in [0.25, 0.3) is 54.8 Å². The Morgan fingerprint density at radius 3 is 2.78 bits per heavy atom. The van der Waals surface area contributed by atoms with Crippen molar-refractivity contribution < 1.29 is 23.0 Å². The van der Waals surface area contributed by atoms with Crippen LogP contribution in [-0.4, -0.2) is 61.7 Å². The summed E-state index contributed by atoms with van der Waals surface area (Å²) in [7, 11) is 3.42. The molecule has 0 bridgehead atoms. The maximum atomic E-state index is 16.0. The van der Waals surface area contributed by atoms with Gasteiger partial charge in [-0.05, 0) is 42.6 Å². The Bertz CT molecular complexity index is 2150. The highest BCUT2D eigenvalue weighted by Crippen LogP contribution is 2.47. The lowest BCUT2D eigenvalue weighted by molar-refractivity contribution is -0.129. The van der Waals surface area contributed by atoms with Crippen molar-refractivity contribution in [3.63, 3.8) is 0 Å². The first-order valence-electron chi connectivity index (χ1n) is 14.7. The average Bonchev–Trinajstić information content (AvgIpc) is 3.78. The predicted molar refractivity (Wildman–Crippen MR) is 173 cm³/mol. The number of halogens is 2. The van der Waals surface area contributed by atoms with Crippen LogP contribution in [0.3, 0.4) is 0 Å². The van der Waals surface area contributed by atoms with Crippen LogP contribution in [0.2, 0.25) is 0 Å². The first kappa shape index (κ1) is 29.8. The van der Waals surface area contributed by atoms with E-state index in [2.05, 4.69) is 11.7 Å². The number of amides is 1. The Labute approximate surface area is 267 Å². The molecule has 1 amide bonds. The van der Waals surface area contributed by atoms with E-state index in [9.17, 15) is 9.18 Å². The predicted octanol–water partition coefficient (Wildman–Crippen LogP) is 6.60. The van der Waals surface area contributed by atoms with Crippen LogP contribution >= 0.6 is 11.3 Å². The average molecular weight is 641 g/mol. The van der Waals surface area contributed by atoms with Crippen molar-refractivity contribution in [1.82, 2.24) is 29.4 Å². The SMILES string of the molecule is C=CC(=O)N1Cc2cc(-c3nc(-c4ccc5c(cnn5C)c4)c4ccsc4c3-c3c(F)cc(F)cc3OCCOC)nn2C[C@H]1C. The van der Waals surface area contributed by atoms with E-state index in [0.29, 0.717) is 35.7 Å². The van der Waals surface area contributed by atoms with Crippen LogP contribution < -0.4 is 4.74 Å². The Kier molecular flexibility index (Phi) is 7.61. The van der Waals surface area contributed by atoms with Crippen LogP contribution in [0.15, 0.2) is 66.7 Å². The second-order valence-corrected chi connectivity index (χ2v) is 12.1. The van der Waals surface area contributed by atoms with Gasteiger partial charge in [0, 0.05) is 58.9 Å². The van der Waals surface area contributed by atoms with Crippen LogP contribution in [0.4, 0.5) is 8.78 Å². The zero-order valence-electron chi connectivity index (χ0n) is 25.5. The zero-order valence-corrected chi connectivity index (χ0v) is 26.3. The molecule has 0 radical (unpaired) electrons. The number of methoxy groups -OCH3 is 1. The Balaban J connectivity index is 1.49. The van der Waals surface area contributed by atoms with E-state index in [1.807, 2.05) is 54.4 Å². The molecule has 4 aromatic heterocycles. The fourth-order valence-electron chi connectivity index (χ4n) is 6.06. The first-order chi connectivity index (χ1) is 22.3. The number of fused-ring (bicyclic) bond motifs is 3. The number of aromatic nitrogens is 5. The number of aryl methyl sites for hydroxylation is 1. The summed E-state index contributed by atoms with van der Waals surface area (Å²) < 4.78 is 46.1. The van der Waals surface area contributed by atoms with Gasteiger partial charge in [-0.25, -0.2) is 13.8 Å². The maximum absolute atomic E-state index is 16.0. The third-order valence-corrected chi connectivity index (χ3v) is 9.24. The van der Waals surface area contributed by atoms with E-state index in [-0.39, 0.29) is 36.5 Å². The molecule has 1 aliphatic heterocycles. The van der Waals surface area contributed by atoms with Gasteiger partial charge >= 0.3 is 0 Å². The van der Waals surface area contributed by atoms with Crippen molar-refractivity contribution in [3.05, 3.63) is 84.0 Å². The molecule has 0 unspecified atom stereocenters. The molecular formula is C34H30F2N6O3S. The number of hydrogen-bond acceptors (Lipinski definition) is 7. The molecule has 0 aliphatic carbocycles.